The maximum Gasteiger partial charge on any atom is 0.345 e. The van der Waals surface area contributed by atoms with Gasteiger partial charge in [0.05, 0.1) is 4.88 Å². The molecule has 0 unspecified atom stereocenters. The predicted molar refractivity (Wildman–Crippen MR) is 83.2 cm³/mol. The second kappa shape index (κ2) is 5.38. The van der Waals surface area contributed by atoms with Crippen LogP contribution in [0, 0.1) is 0 Å². The van der Waals surface area contributed by atoms with Crippen LogP contribution in [0.4, 0.5) is 5.69 Å². The molecule has 3 rings (SSSR count). The molecule has 0 fully saturated rings. The number of carbonyl (C=O) groups excluding carboxylic acids is 1. The third kappa shape index (κ3) is 2.78. The summed E-state index contributed by atoms with van der Waals surface area (Å²) in [5.41, 5.74) is 0.684. The van der Waals surface area contributed by atoms with Gasteiger partial charge < -0.3 is 10.4 Å². The zero-order valence-electron chi connectivity index (χ0n) is 10.9. The first-order valence-corrected chi connectivity index (χ1v) is 7.08. The second-order valence-electron chi connectivity index (χ2n) is 4.49. The molecule has 1 heterocycles. The van der Waals surface area contributed by atoms with Crippen molar-refractivity contribution < 1.29 is 14.7 Å². The lowest BCUT2D eigenvalue weighted by Gasteiger charge is -2.05. The van der Waals surface area contributed by atoms with Crippen molar-refractivity contribution >= 4 is 39.7 Å². The standard InChI is InChI=1S/C16H11NO3S/c18-15(13-7-8-14(21-13)16(19)20)17-12-6-5-10-3-1-2-4-11(10)9-12/h1-9H,(H,17,18)(H,19,20). The van der Waals surface area contributed by atoms with E-state index >= 15 is 0 Å². The van der Waals surface area contributed by atoms with Crippen molar-refractivity contribution in [1.82, 2.24) is 0 Å². The van der Waals surface area contributed by atoms with Crippen LogP contribution in [-0.4, -0.2) is 17.0 Å². The average molecular weight is 297 g/mol. The fourth-order valence-corrected chi connectivity index (χ4v) is 2.77. The minimum atomic E-state index is -1.02. The van der Waals surface area contributed by atoms with Crippen LogP contribution in [0.25, 0.3) is 10.8 Å². The minimum absolute atomic E-state index is 0.152. The van der Waals surface area contributed by atoms with E-state index in [4.69, 9.17) is 5.11 Å². The molecule has 1 aromatic heterocycles. The third-order valence-electron chi connectivity index (χ3n) is 3.05. The molecule has 0 aliphatic heterocycles. The van der Waals surface area contributed by atoms with Gasteiger partial charge in [-0.05, 0) is 35.0 Å². The number of thiophene rings is 1. The van der Waals surface area contributed by atoms with Crippen LogP contribution in [0.2, 0.25) is 0 Å². The zero-order valence-corrected chi connectivity index (χ0v) is 11.7. The number of carboxylic acid groups (broad SMARTS) is 1. The van der Waals surface area contributed by atoms with Crippen molar-refractivity contribution in [2.75, 3.05) is 5.32 Å². The number of aromatic carboxylic acids is 1. The molecule has 0 aliphatic carbocycles. The van der Waals surface area contributed by atoms with Crippen LogP contribution in [0.1, 0.15) is 19.3 Å². The molecule has 21 heavy (non-hydrogen) atoms. The molecular weight excluding hydrogens is 286 g/mol. The van der Waals surface area contributed by atoms with E-state index < -0.39 is 5.97 Å². The Hall–Kier alpha value is -2.66. The number of hydrogen-bond donors (Lipinski definition) is 2. The lowest BCUT2D eigenvalue weighted by Crippen LogP contribution is -2.09. The Kier molecular flexibility index (Phi) is 3.41. The van der Waals surface area contributed by atoms with Gasteiger partial charge in [0.1, 0.15) is 4.88 Å². The van der Waals surface area contributed by atoms with Crippen molar-refractivity contribution in [2.24, 2.45) is 0 Å². The summed E-state index contributed by atoms with van der Waals surface area (Å²) in [6.07, 6.45) is 0. The van der Waals surface area contributed by atoms with Crippen LogP contribution < -0.4 is 5.32 Å². The molecule has 0 saturated heterocycles. The summed E-state index contributed by atoms with van der Waals surface area (Å²) in [5.74, 6) is -1.33. The van der Waals surface area contributed by atoms with E-state index in [1.807, 2.05) is 42.5 Å². The van der Waals surface area contributed by atoms with Gasteiger partial charge in [0.15, 0.2) is 0 Å². The van der Waals surface area contributed by atoms with Crippen molar-refractivity contribution in [1.29, 1.82) is 0 Å². The SMILES string of the molecule is O=C(O)c1ccc(C(=O)Nc2ccc3ccccc3c2)s1. The van der Waals surface area contributed by atoms with Crippen LogP contribution in [-0.2, 0) is 0 Å². The monoisotopic (exact) mass is 297 g/mol. The van der Waals surface area contributed by atoms with E-state index in [2.05, 4.69) is 5.32 Å². The molecule has 0 aliphatic rings. The summed E-state index contributed by atoms with van der Waals surface area (Å²) in [6, 6.07) is 16.5. The smallest absolute Gasteiger partial charge is 0.345 e. The van der Waals surface area contributed by atoms with E-state index in [0.29, 0.717) is 10.6 Å². The Morgan fingerprint density at radius 3 is 2.33 bits per heavy atom. The fraction of sp³-hybridized carbons (Fsp3) is 0. The summed E-state index contributed by atoms with van der Waals surface area (Å²) in [5, 5.41) is 13.8. The predicted octanol–water partition coefficient (Wildman–Crippen LogP) is 3.85. The molecule has 3 aromatic rings. The quantitative estimate of drug-likeness (QED) is 0.771. The van der Waals surface area contributed by atoms with E-state index in [0.717, 1.165) is 22.1 Å². The highest BCUT2D eigenvalue weighted by molar-refractivity contribution is 7.15. The number of amides is 1. The van der Waals surface area contributed by atoms with Gasteiger partial charge in [-0.25, -0.2) is 4.79 Å². The number of hydrogen-bond acceptors (Lipinski definition) is 3. The lowest BCUT2D eigenvalue weighted by molar-refractivity contribution is 0.0702. The van der Waals surface area contributed by atoms with Crippen molar-refractivity contribution in [3.05, 3.63) is 64.4 Å². The number of benzene rings is 2. The Morgan fingerprint density at radius 2 is 1.62 bits per heavy atom. The number of nitrogens with one attached hydrogen (secondary N) is 1. The summed E-state index contributed by atoms with van der Waals surface area (Å²) >= 11 is 0.960. The Labute approximate surface area is 124 Å². The van der Waals surface area contributed by atoms with Gasteiger partial charge >= 0.3 is 5.97 Å². The summed E-state index contributed by atoms with van der Waals surface area (Å²) in [7, 11) is 0. The minimum Gasteiger partial charge on any atom is -0.477 e. The maximum atomic E-state index is 12.1. The van der Waals surface area contributed by atoms with Gasteiger partial charge in [-0.1, -0.05) is 30.3 Å². The van der Waals surface area contributed by atoms with E-state index in [-0.39, 0.29) is 10.8 Å². The van der Waals surface area contributed by atoms with Crippen molar-refractivity contribution in [3.63, 3.8) is 0 Å². The molecule has 1 amide bonds. The Morgan fingerprint density at radius 1 is 0.905 bits per heavy atom. The fourth-order valence-electron chi connectivity index (χ4n) is 2.03. The average Bonchev–Trinajstić information content (AvgIpc) is 2.97. The van der Waals surface area contributed by atoms with Gasteiger partial charge in [0, 0.05) is 5.69 Å². The molecule has 104 valence electrons. The molecule has 5 heteroatoms. The van der Waals surface area contributed by atoms with Crippen LogP contribution in [0.15, 0.2) is 54.6 Å². The van der Waals surface area contributed by atoms with Crippen molar-refractivity contribution in [2.45, 2.75) is 0 Å². The van der Waals surface area contributed by atoms with Gasteiger partial charge in [-0.15, -0.1) is 11.3 Å². The molecule has 0 saturated carbocycles. The van der Waals surface area contributed by atoms with Gasteiger partial charge in [0.2, 0.25) is 0 Å². The zero-order chi connectivity index (χ0) is 14.8. The van der Waals surface area contributed by atoms with Crippen LogP contribution in [0.5, 0.6) is 0 Å². The number of carbonyl (C=O) groups is 2. The topological polar surface area (TPSA) is 66.4 Å². The number of rotatable bonds is 3. The first kappa shape index (κ1) is 13.3. The highest BCUT2D eigenvalue weighted by Crippen LogP contribution is 2.21. The number of carboxylic acids is 1. The molecular formula is C16H11NO3S. The van der Waals surface area contributed by atoms with E-state index in [1.165, 1.54) is 12.1 Å². The van der Waals surface area contributed by atoms with Crippen molar-refractivity contribution in [3.8, 4) is 0 Å². The number of anilines is 1. The highest BCUT2D eigenvalue weighted by Gasteiger charge is 2.13. The number of fused-ring (bicyclic) bond motifs is 1. The second-order valence-corrected chi connectivity index (χ2v) is 5.57. The third-order valence-corrected chi connectivity index (χ3v) is 4.12. The van der Waals surface area contributed by atoms with Gasteiger partial charge in [-0.2, -0.15) is 0 Å². The van der Waals surface area contributed by atoms with E-state index in [1.54, 1.807) is 0 Å². The largest absolute Gasteiger partial charge is 0.477 e. The first-order valence-electron chi connectivity index (χ1n) is 6.27. The summed E-state index contributed by atoms with van der Waals surface area (Å²) in [6.45, 7) is 0. The van der Waals surface area contributed by atoms with Gasteiger partial charge in [0.25, 0.3) is 5.91 Å². The van der Waals surface area contributed by atoms with Crippen LogP contribution in [0.3, 0.4) is 0 Å². The Bertz CT molecular complexity index is 838. The molecule has 0 spiro atoms. The molecule has 4 nitrogen and oxygen atoms in total. The Balaban J connectivity index is 1.83. The summed E-state index contributed by atoms with van der Waals surface area (Å²) < 4.78 is 0. The lowest BCUT2D eigenvalue weighted by atomic mass is 10.1. The van der Waals surface area contributed by atoms with E-state index in [9.17, 15) is 9.59 Å². The molecule has 0 bridgehead atoms. The normalized spacial score (nSPS) is 10.5. The molecule has 2 aromatic carbocycles. The molecule has 0 radical (unpaired) electrons. The maximum absolute atomic E-state index is 12.1. The summed E-state index contributed by atoms with van der Waals surface area (Å²) in [4.78, 5) is 23.4. The highest BCUT2D eigenvalue weighted by atomic mass is 32.1. The molecule has 0 atom stereocenters. The van der Waals surface area contributed by atoms with Gasteiger partial charge in [-0.3, -0.25) is 4.79 Å². The van der Waals surface area contributed by atoms with Crippen LogP contribution >= 0.6 is 11.3 Å². The first-order chi connectivity index (χ1) is 10.1. The molecule has 2 N–H and O–H groups in total.